The third-order valence-electron chi connectivity index (χ3n) is 5.43. The lowest BCUT2D eigenvalue weighted by atomic mass is 9.87. The van der Waals surface area contributed by atoms with E-state index >= 15 is 0 Å². The van der Waals surface area contributed by atoms with Crippen molar-refractivity contribution in [2.24, 2.45) is 5.92 Å². The number of carboxylic acids is 1. The monoisotopic (exact) mass is 401 g/mol. The number of rotatable bonds is 4. The van der Waals surface area contributed by atoms with Gasteiger partial charge in [-0.25, -0.2) is 9.78 Å². The molecule has 1 fully saturated rings. The van der Waals surface area contributed by atoms with Crippen molar-refractivity contribution < 1.29 is 19.4 Å². The number of aliphatic carboxylic acids is 1. The smallest absolute Gasteiger partial charge is 0.410 e. The van der Waals surface area contributed by atoms with Crippen molar-refractivity contribution >= 4 is 23.1 Å². The molecule has 1 saturated heterocycles. The van der Waals surface area contributed by atoms with Gasteiger partial charge in [0.15, 0.2) is 0 Å². The van der Waals surface area contributed by atoms with Crippen LogP contribution in [0.1, 0.15) is 57.5 Å². The van der Waals surface area contributed by atoms with Crippen LogP contribution in [0.5, 0.6) is 0 Å². The van der Waals surface area contributed by atoms with Crippen molar-refractivity contribution in [2.45, 2.75) is 65.5 Å². The zero-order valence-electron chi connectivity index (χ0n) is 17.9. The summed E-state index contributed by atoms with van der Waals surface area (Å²) in [7, 11) is 0. The number of carboxylic acid groups (broad SMARTS) is 1. The van der Waals surface area contributed by atoms with Gasteiger partial charge in [0.25, 0.3) is 0 Å². The number of carbonyl (C=O) groups excluding carboxylic acids is 1. The topological polar surface area (TPSA) is 84.7 Å². The molecule has 1 aliphatic rings. The highest BCUT2D eigenvalue weighted by molar-refractivity contribution is 5.77. The Balaban J connectivity index is 1.89. The average Bonchev–Trinajstić information content (AvgIpc) is 2.92. The lowest BCUT2D eigenvalue weighted by molar-refractivity contribution is -0.137. The molecule has 2 heterocycles. The summed E-state index contributed by atoms with van der Waals surface area (Å²) >= 11 is 0. The summed E-state index contributed by atoms with van der Waals surface area (Å²) in [4.78, 5) is 30.2. The second kappa shape index (κ2) is 8.05. The van der Waals surface area contributed by atoms with Gasteiger partial charge in [0.1, 0.15) is 11.4 Å². The van der Waals surface area contributed by atoms with E-state index in [0.29, 0.717) is 19.5 Å². The molecule has 1 N–H and O–H groups in total. The molecule has 1 amide bonds. The van der Waals surface area contributed by atoms with Gasteiger partial charge < -0.3 is 19.3 Å². The lowest BCUT2D eigenvalue weighted by Gasteiger charge is -2.40. The van der Waals surface area contributed by atoms with Crippen LogP contribution in [0.15, 0.2) is 18.2 Å². The molecule has 7 heteroatoms. The summed E-state index contributed by atoms with van der Waals surface area (Å²) in [6.07, 6.45) is 0.987. The van der Waals surface area contributed by atoms with Crippen molar-refractivity contribution in [3.05, 3.63) is 29.6 Å². The zero-order chi connectivity index (χ0) is 21.3. The molecule has 0 spiro atoms. The zero-order valence-corrected chi connectivity index (χ0v) is 17.9. The molecule has 2 aromatic rings. The predicted octanol–water partition coefficient (Wildman–Crippen LogP) is 4.32. The van der Waals surface area contributed by atoms with E-state index in [9.17, 15) is 14.7 Å². The minimum atomic E-state index is -0.819. The molecule has 7 nitrogen and oxygen atoms in total. The number of amides is 1. The quantitative estimate of drug-likeness (QED) is 0.825. The summed E-state index contributed by atoms with van der Waals surface area (Å²) in [6, 6.07) is 6.32. The summed E-state index contributed by atoms with van der Waals surface area (Å²) in [5.41, 5.74) is 2.61. The second-order valence-electron chi connectivity index (χ2n) is 9.00. The van der Waals surface area contributed by atoms with Gasteiger partial charge in [0.2, 0.25) is 0 Å². The number of piperidine rings is 1. The molecule has 1 aromatic carbocycles. The van der Waals surface area contributed by atoms with Gasteiger partial charge in [-0.05, 0) is 71.1 Å². The van der Waals surface area contributed by atoms with Gasteiger partial charge in [-0.1, -0.05) is 6.07 Å². The maximum atomic E-state index is 12.6. The standard InChI is InChI=1S/C22H31N3O4/c1-14-6-8-19-17(12-14)23-15(2)25(19)18-10-11-24(21(28)29-22(3,4)5)13-16(18)7-9-20(26)27/h6,8,12,16,18H,7,9-11,13H2,1-5H3,(H,26,27)/t16-,18-/m0/s1. The number of imidazole rings is 1. The van der Waals surface area contributed by atoms with E-state index in [4.69, 9.17) is 9.72 Å². The van der Waals surface area contributed by atoms with Crippen LogP contribution < -0.4 is 0 Å². The number of hydrogen-bond acceptors (Lipinski definition) is 4. The molecule has 158 valence electrons. The van der Waals surface area contributed by atoms with E-state index in [2.05, 4.69) is 22.8 Å². The van der Waals surface area contributed by atoms with Crippen LogP contribution in [0.4, 0.5) is 4.79 Å². The van der Waals surface area contributed by atoms with Crippen LogP contribution in [0.2, 0.25) is 0 Å². The Morgan fingerprint density at radius 2 is 2.00 bits per heavy atom. The number of aryl methyl sites for hydroxylation is 2. The van der Waals surface area contributed by atoms with Crippen LogP contribution in [-0.2, 0) is 9.53 Å². The number of carbonyl (C=O) groups is 2. The highest BCUT2D eigenvalue weighted by atomic mass is 16.6. The molecule has 0 radical (unpaired) electrons. The van der Waals surface area contributed by atoms with Crippen LogP contribution in [-0.4, -0.2) is 50.3 Å². The molecule has 1 aliphatic heterocycles. The largest absolute Gasteiger partial charge is 0.481 e. The first-order valence-corrected chi connectivity index (χ1v) is 10.2. The van der Waals surface area contributed by atoms with Gasteiger partial charge >= 0.3 is 12.1 Å². The van der Waals surface area contributed by atoms with E-state index < -0.39 is 11.6 Å². The average molecular weight is 402 g/mol. The van der Waals surface area contributed by atoms with Crippen LogP contribution >= 0.6 is 0 Å². The first-order chi connectivity index (χ1) is 13.5. The van der Waals surface area contributed by atoms with Gasteiger partial charge in [-0.2, -0.15) is 0 Å². The molecule has 1 aromatic heterocycles. The summed E-state index contributed by atoms with van der Waals surface area (Å²) in [6.45, 7) is 10.6. The molecular weight excluding hydrogens is 370 g/mol. The van der Waals surface area contributed by atoms with Crippen LogP contribution in [0, 0.1) is 19.8 Å². The predicted molar refractivity (Wildman–Crippen MR) is 111 cm³/mol. The maximum absolute atomic E-state index is 12.6. The van der Waals surface area contributed by atoms with Crippen molar-refractivity contribution in [3.63, 3.8) is 0 Å². The minimum absolute atomic E-state index is 0.0183. The Kier molecular flexibility index (Phi) is 5.87. The first kappa shape index (κ1) is 21.1. The van der Waals surface area contributed by atoms with Gasteiger partial charge in [-0.15, -0.1) is 0 Å². The Morgan fingerprint density at radius 1 is 1.28 bits per heavy atom. The highest BCUT2D eigenvalue weighted by Gasteiger charge is 2.35. The number of fused-ring (bicyclic) bond motifs is 1. The van der Waals surface area contributed by atoms with Crippen molar-refractivity contribution in [2.75, 3.05) is 13.1 Å². The number of ether oxygens (including phenoxy) is 1. The van der Waals surface area contributed by atoms with Gasteiger partial charge in [0.05, 0.1) is 11.0 Å². The summed E-state index contributed by atoms with van der Waals surface area (Å²) < 4.78 is 7.77. The van der Waals surface area contributed by atoms with Crippen molar-refractivity contribution in [1.82, 2.24) is 14.5 Å². The molecule has 0 saturated carbocycles. The Bertz CT molecular complexity index is 913. The molecule has 2 atom stereocenters. The third kappa shape index (κ3) is 4.89. The highest BCUT2D eigenvalue weighted by Crippen LogP contribution is 2.36. The number of benzene rings is 1. The van der Waals surface area contributed by atoms with Gasteiger partial charge in [-0.3, -0.25) is 4.79 Å². The first-order valence-electron chi connectivity index (χ1n) is 10.2. The number of nitrogens with zero attached hydrogens (tertiary/aromatic N) is 3. The Hall–Kier alpha value is -2.57. The summed E-state index contributed by atoms with van der Waals surface area (Å²) in [5, 5.41) is 9.22. The lowest BCUT2D eigenvalue weighted by Crippen LogP contribution is -2.46. The van der Waals surface area contributed by atoms with E-state index in [-0.39, 0.29) is 24.5 Å². The number of likely N-dealkylation sites (tertiary alicyclic amines) is 1. The van der Waals surface area contributed by atoms with Crippen LogP contribution in [0.25, 0.3) is 11.0 Å². The van der Waals surface area contributed by atoms with E-state index in [1.165, 1.54) is 0 Å². The van der Waals surface area contributed by atoms with E-state index in [1.54, 1.807) is 4.90 Å². The molecule has 29 heavy (non-hydrogen) atoms. The molecular formula is C22H31N3O4. The van der Waals surface area contributed by atoms with E-state index in [1.807, 2.05) is 34.6 Å². The summed E-state index contributed by atoms with van der Waals surface area (Å²) in [5.74, 6) is 0.118. The fourth-order valence-electron chi connectivity index (χ4n) is 4.19. The maximum Gasteiger partial charge on any atom is 0.410 e. The fourth-order valence-corrected chi connectivity index (χ4v) is 4.19. The fraction of sp³-hybridized carbons (Fsp3) is 0.591. The van der Waals surface area contributed by atoms with E-state index in [0.717, 1.165) is 28.8 Å². The molecule has 0 bridgehead atoms. The molecule has 0 aliphatic carbocycles. The van der Waals surface area contributed by atoms with Crippen LogP contribution in [0.3, 0.4) is 0 Å². The third-order valence-corrected chi connectivity index (χ3v) is 5.43. The minimum Gasteiger partial charge on any atom is -0.481 e. The van der Waals surface area contributed by atoms with Crippen molar-refractivity contribution in [3.8, 4) is 0 Å². The number of hydrogen-bond donors (Lipinski definition) is 1. The second-order valence-corrected chi connectivity index (χ2v) is 9.00. The SMILES string of the molecule is Cc1ccc2c(c1)nc(C)n2[C@H]1CCN(C(=O)OC(C)(C)C)C[C@@H]1CCC(=O)O. The molecule has 0 unspecified atom stereocenters. The Labute approximate surface area is 171 Å². The van der Waals surface area contributed by atoms with Crippen molar-refractivity contribution in [1.29, 1.82) is 0 Å². The molecule has 3 rings (SSSR count). The normalized spacial score (nSPS) is 20.1. The number of aromatic nitrogens is 2. The van der Waals surface area contributed by atoms with Gasteiger partial charge in [0, 0.05) is 25.6 Å². The Morgan fingerprint density at radius 3 is 2.66 bits per heavy atom.